The number of methoxy groups -OCH3 is 1. The Morgan fingerprint density at radius 3 is 2.33 bits per heavy atom. The van der Waals surface area contributed by atoms with Crippen molar-refractivity contribution in [1.29, 1.82) is 0 Å². The summed E-state index contributed by atoms with van der Waals surface area (Å²) in [6.07, 6.45) is 1.52. The Morgan fingerprint density at radius 2 is 1.81 bits per heavy atom. The van der Waals surface area contributed by atoms with Crippen LogP contribution >= 0.6 is 0 Å². The zero-order chi connectivity index (χ0) is 15.6. The molecule has 1 atom stereocenters. The number of amides is 1. The SMILES string of the molecule is COC(=O)C1CCCN1C(=O)c1ccc(C(C)(C)C)cc1. The molecule has 1 saturated heterocycles. The molecule has 21 heavy (non-hydrogen) atoms. The van der Waals surface area contributed by atoms with Gasteiger partial charge in [-0.05, 0) is 36.0 Å². The van der Waals surface area contributed by atoms with Gasteiger partial charge in [-0.25, -0.2) is 4.79 Å². The predicted octanol–water partition coefficient (Wildman–Crippen LogP) is 2.76. The maximum atomic E-state index is 12.6. The third-order valence-corrected chi connectivity index (χ3v) is 3.98. The average Bonchev–Trinajstić information content (AvgIpc) is 2.94. The highest BCUT2D eigenvalue weighted by Crippen LogP contribution is 2.24. The van der Waals surface area contributed by atoms with Crippen molar-refractivity contribution >= 4 is 11.9 Å². The number of likely N-dealkylation sites (tertiary alicyclic amines) is 1. The molecule has 1 aromatic rings. The summed E-state index contributed by atoms with van der Waals surface area (Å²) in [6.45, 7) is 7.02. The van der Waals surface area contributed by atoms with Crippen LogP contribution in [0.4, 0.5) is 0 Å². The van der Waals surface area contributed by atoms with Crippen LogP contribution in [0.3, 0.4) is 0 Å². The van der Waals surface area contributed by atoms with Crippen LogP contribution in [0.1, 0.15) is 49.5 Å². The number of benzene rings is 1. The van der Waals surface area contributed by atoms with Crippen LogP contribution < -0.4 is 0 Å². The third kappa shape index (κ3) is 3.26. The van der Waals surface area contributed by atoms with Crippen molar-refractivity contribution in [3.05, 3.63) is 35.4 Å². The lowest BCUT2D eigenvalue weighted by atomic mass is 9.86. The summed E-state index contributed by atoms with van der Waals surface area (Å²) < 4.78 is 4.78. The number of rotatable bonds is 2. The second-order valence-corrected chi connectivity index (χ2v) is 6.51. The molecule has 2 rings (SSSR count). The van der Waals surface area contributed by atoms with Crippen molar-refractivity contribution < 1.29 is 14.3 Å². The highest BCUT2D eigenvalue weighted by atomic mass is 16.5. The van der Waals surface area contributed by atoms with Gasteiger partial charge in [-0.1, -0.05) is 32.9 Å². The second kappa shape index (κ2) is 5.88. The first-order valence-electron chi connectivity index (χ1n) is 7.34. The molecule has 114 valence electrons. The van der Waals surface area contributed by atoms with Crippen molar-refractivity contribution in [2.24, 2.45) is 0 Å². The van der Waals surface area contributed by atoms with Crippen LogP contribution in [0.2, 0.25) is 0 Å². The summed E-state index contributed by atoms with van der Waals surface area (Å²) in [5.41, 5.74) is 1.87. The minimum Gasteiger partial charge on any atom is -0.467 e. The smallest absolute Gasteiger partial charge is 0.328 e. The van der Waals surface area contributed by atoms with E-state index in [0.717, 1.165) is 6.42 Å². The number of nitrogens with zero attached hydrogens (tertiary/aromatic N) is 1. The van der Waals surface area contributed by atoms with Gasteiger partial charge in [0.25, 0.3) is 5.91 Å². The lowest BCUT2D eigenvalue weighted by Gasteiger charge is -2.23. The van der Waals surface area contributed by atoms with E-state index in [-0.39, 0.29) is 17.3 Å². The van der Waals surface area contributed by atoms with Gasteiger partial charge < -0.3 is 9.64 Å². The molecule has 1 aliphatic rings. The molecule has 0 N–H and O–H groups in total. The van der Waals surface area contributed by atoms with Crippen molar-refractivity contribution in [3.8, 4) is 0 Å². The standard InChI is InChI=1S/C17H23NO3/c1-17(2,3)13-9-7-12(8-10-13)15(19)18-11-5-6-14(18)16(20)21-4/h7-10,14H,5-6,11H2,1-4H3. The van der Waals surface area contributed by atoms with Gasteiger partial charge in [-0.3, -0.25) is 4.79 Å². The van der Waals surface area contributed by atoms with Gasteiger partial charge in [-0.2, -0.15) is 0 Å². The average molecular weight is 289 g/mol. The van der Waals surface area contributed by atoms with Crippen molar-refractivity contribution in [1.82, 2.24) is 4.90 Å². The number of hydrogen-bond acceptors (Lipinski definition) is 3. The lowest BCUT2D eigenvalue weighted by molar-refractivity contribution is -0.145. The number of carbonyl (C=O) groups is 2. The fourth-order valence-electron chi connectivity index (χ4n) is 2.67. The fourth-order valence-corrected chi connectivity index (χ4v) is 2.67. The molecule has 0 aromatic heterocycles. The Hall–Kier alpha value is -1.84. The monoisotopic (exact) mass is 289 g/mol. The first kappa shape index (κ1) is 15.5. The van der Waals surface area contributed by atoms with E-state index < -0.39 is 6.04 Å². The van der Waals surface area contributed by atoms with Gasteiger partial charge in [0.05, 0.1) is 7.11 Å². The van der Waals surface area contributed by atoms with E-state index in [9.17, 15) is 9.59 Å². The third-order valence-electron chi connectivity index (χ3n) is 3.98. The number of hydrogen-bond donors (Lipinski definition) is 0. The van der Waals surface area contributed by atoms with Gasteiger partial charge >= 0.3 is 5.97 Å². The molecular formula is C17H23NO3. The summed E-state index contributed by atoms with van der Waals surface area (Å²) >= 11 is 0. The van der Waals surface area contributed by atoms with E-state index in [0.29, 0.717) is 18.5 Å². The largest absolute Gasteiger partial charge is 0.467 e. The molecule has 0 aliphatic carbocycles. The summed E-state index contributed by atoms with van der Waals surface area (Å²) in [7, 11) is 1.36. The van der Waals surface area contributed by atoms with E-state index in [1.54, 1.807) is 4.90 Å². The van der Waals surface area contributed by atoms with E-state index in [1.165, 1.54) is 12.7 Å². The predicted molar refractivity (Wildman–Crippen MR) is 81.2 cm³/mol. The van der Waals surface area contributed by atoms with Crippen LogP contribution in [0.5, 0.6) is 0 Å². The Balaban J connectivity index is 2.18. The minimum absolute atomic E-state index is 0.0593. The first-order chi connectivity index (χ1) is 9.84. The van der Waals surface area contributed by atoms with E-state index in [4.69, 9.17) is 4.74 Å². The Kier molecular flexibility index (Phi) is 4.35. The fraction of sp³-hybridized carbons (Fsp3) is 0.529. The summed E-state index contributed by atoms with van der Waals surface area (Å²) in [6, 6.07) is 7.21. The number of carbonyl (C=O) groups excluding carboxylic acids is 2. The zero-order valence-electron chi connectivity index (χ0n) is 13.2. The maximum absolute atomic E-state index is 12.6. The maximum Gasteiger partial charge on any atom is 0.328 e. The summed E-state index contributed by atoms with van der Waals surface area (Å²) in [5, 5.41) is 0. The van der Waals surface area contributed by atoms with E-state index in [2.05, 4.69) is 20.8 Å². The molecule has 4 nitrogen and oxygen atoms in total. The molecule has 1 unspecified atom stereocenters. The molecule has 1 aromatic carbocycles. The molecule has 1 amide bonds. The van der Waals surface area contributed by atoms with Crippen LogP contribution in [-0.4, -0.2) is 36.5 Å². The molecule has 0 spiro atoms. The van der Waals surface area contributed by atoms with Gasteiger partial charge in [0, 0.05) is 12.1 Å². The molecule has 1 heterocycles. The molecule has 0 radical (unpaired) electrons. The molecule has 4 heteroatoms. The normalized spacial score (nSPS) is 18.7. The Morgan fingerprint density at radius 1 is 1.19 bits per heavy atom. The van der Waals surface area contributed by atoms with Gasteiger partial charge in [0.1, 0.15) is 6.04 Å². The number of ether oxygens (including phenoxy) is 1. The van der Waals surface area contributed by atoms with Crippen LogP contribution in [0, 0.1) is 0 Å². The van der Waals surface area contributed by atoms with Crippen LogP contribution in [0.25, 0.3) is 0 Å². The molecule has 1 fully saturated rings. The second-order valence-electron chi connectivity index (χ2n) is 6.51. The Bertz CT molecular complexity index is 528. The molecule has 0 bridgehead atoms. The number of esters is 1. The van der Waals surface area contributed by atoms with Gasteiger partial charge in [-0.15, -0.1) is 0 Å². The van der Waals surface area contributed by atoms with Crippen molar-refractivity contribution in [2.45, 2.75) is 45.1 Å². The minimum atomic E-state index is -0.440. The molecular weight excluding hydrogens is 266 g/mol. The molecule has 0 saturated carbocycles. The van der Waals surface area contributed by atoms with Gasteiger partial charge in [0.15, 0.2) is 0 Å². The lowest BCUT2D eigenvalue weighted by Crippen LogP contribution is -2.41. The van der Waals surface area contributed by atoms with E-state index in [1.807, 2.05) is 24.3 Å². The highest BCUT2D eigenvalue weighted by Gasteiger charge is 2.35. The highest BCUT2D eigenvalue weighted by molar-refractivity contribution is 5.97. The van der Waals surface area contributed by atoms with Gasteiger partial charge in [0.2, 0.25) is 0 Å². The van der Waals surface area contributed by atoms with Crippen molar-refractivity contribution in [2.75, 3.05) is 13.7 Å². The summed E-state index contributed by atoms with van der Waals surface area (Å²) in [4.78, 5) is 25.9. The zero-order valence-corrected chi connectivity index (χ0v) is 13.2. The van der Waals surface area contributed by atoms with E-state index >= 15 is 0 Å². The first-order valence-corrected chi connectivity index (χ1v) is 7.34. The van der Waals surface area contributed by atoms with Crippen LogP contribution in [-0.2, 0) is 14.9 Å². The van der Waals surface area contributed by atoms with Crippen LogP contribution in [0.15, 0.2) is 24.3 Å². The van der Waals surface area contributed by atoms with Crippen molar-refractivity contribution in [3.63, 3.8) is 0 Å². The quantitative estimate of drug-likeness (QED) is 0.787. The molecule has 1 aliphatic heterocycles. The topological polar surface area (TPSA) is 46.6 Å². The summed E-state index contributed by atoms with van der Waals surface area (Å²) in [5.74, 6) is -0.421. The Labute approximate surface area is 126 Å².